The van der Waals surface area contributed by atoms with Crippen molar-refractivity contribution in [3.63, 3.8) is 0 Å². The molecule has 0 N–H and O–H groups in total. The van der Waals surface area contributed by atoms with Crippen molar-refractivity contribution < 1.29 is 42.7 Å². The molecule has 0 spiro atoms. The number of nitrogens with zero attached hydrogens (tertiary/aromatic N) is 5. The van der Waals surface area contributed by atoms with E-state index in [0.717, 1.165) is 67.4 Å². The number of hydrogen-bond donors (Lipinski definition) is 0. The molecule has 14 heteroatoms. The molecule has 1 aromatic carbocycles. The Bertz CT molecular complexity index is 1620. The summed E-state index contributed by atoms with van der Waals surface area (Å²) >= 11 is 0. The average Bonchev–Trinajstić information content (AvgIpc) is 3.87. The molecule has 0 bridgehead atoms. The van der Waals surface area contributed by atoms with E-state index in [2.05, 4.69) is 48.1 Å². The summed E-state index contributed by atoms with van der Waals surface area (Å²) in [5.74, 6) is 2.29. The minimum absolute atomic E-state index is 0.236. The molecule has 1 saturated heterocycles. The summed E-state index contributed by atoms with van der Waals surface area (Å²) < 4.78 is 50.4. The van der Waals surface area contributed by atoms with Gasteiger partial charge in [-0.3, -0.25) is 4.90 Å². The molecule has 0 saturated carbocycles. The van der Waals surface area contributed by atoms with Crippen LogP contribution < -0.4 is 14.2 Å². The lowest BCUT2D eigenvalue weighted by molar-refractivity contribution is -0.00881. The summed E-state index contributed by atoms with van der Waals surface area (Å²) in [5, 5.41) is 8.91. The van der Waals surface area contributed by atoms with Gasteiger partial charge < -0.3 is 42.8 Å². The van der Waals surface area contributed by atoms with Crippen LogP contribution in [0.15, 0.2) is 18.3 Å². The summed E-state index contributed by atoms with van der Waals surface area (Å²) in [6, 6.07) is 4.26. The van der Waals surface area contributed by atoms with Crippen LogP contribution in [0.5, 0.6) is 17.2 Å². The van der Waals surface area contributed by atoms with Crippen LogP contribution in [0.1, 0.15) is 245 Å². The molecule has 0 radical (unpaired) electrons. The minimum atomic E-state index is -0.476. The summed E-state index contributed by atoms with van der Waals surface area (Å²) in [5.41, 5.74) is 1.33. The van der Waals surface area contributed by atoms with E-state index in [0.29, 0.717) is 92.3 Å². The number of unbranched alkanes of at least 4 members (excludes halogenated alkanes) is 27. The standard InChI is InChI=1S/C63H115N5O9/c1-7-10-13-16-19-22-25-28-31-34-42-74-59-52-57(53-60(75-43-35-32-29-26-23-20-17-14-11-8-2)61(59)76-44-36-33-30-27-24-21-18-15-12-9-3)54-68-55-58(64-65-68)56-73-51-50-72-49-48-71-47-46-70-45-41-66-37-39-67(40-38-66)62(69)77-63(4,5)6/h52-53,55H,7-51,54,56H2,1-6H3. The maximum Gasteiger partial charge on any atom is 0.410 e. The second kappa shape index (κ2) is 46.6. The fourth-order valence-corrected chi connectivity index (χ4v) is 9.57. The first kappa shape index (κ1) is 68.1. The smallest absolute Gasteiger partial charge is 0.410 e. The third kappa shape index (κ3) is 36.7. The van der Waals surface area contributed by atoms with Crippen LogP contribution in [0.3, 0.4) is 0 Å². The fourth-order valence-electron chi connectivity index (χ4n) is 9.57. The lowest BCUT2D eigenvalue weighted by Crippen LogP contribution is -2.50. The molecule has 1 aliphatic heterocycles. The Labute approximate surface area is 470 Å². The zero-order chi connectivity index (χ0) is 55.1. The van der Waals surface area contributed by atoms with Crippen molar-refractivity contribution in [3.05, 3.63) is 29.6 Å². The van der Waals surface area contributed by atoms with Crippen molar-refractivity contribution in [3.8, 4) is 17.2 Å². The van der Waals surface area contributed by atoms with Crippen LogP contribution in [0.2, 0.25) is 0 Å². The second-order valence-electron chi connectivity index (χ2n) is 22.6. The van der Waals surface area contributed by atoms with E-state index < -0.39 is 5.60 Å². The molecular formula is C63H115N5O9. The molecule has 0 unspecified atom stereocenters. The maximum absolute atomic E-state index is 12.3. The number of hydrogen-bond acceptors (Lipinski definition) is 12. The molecule has 1 amide bonds. The maximum atomic E-state index is 12.3. The third-order valence-electron chi connectivity index (χ3n) is 14.2. The van der Waals surface area contributed by atoms with Gasteiger partial charge in [0, 0.05) is 32.7 Å². The van der Waals surface area contributed by atoms with Gasteiger partial charge in [-0.2, -0.15) is 0 Å². The Morgan fingerprint density at radius 1 is 0.481 bits per heavy atom. The minimum Gasteiger partial charge on any atom is -0.490 e. The second-order valence-corrected chi connectivity index (χ2v) is 22.6. The first-order valence-electron chi connectivity index (χ1n) is 31.7. The normalized spacial score (nSPS) is 13.2. The highest BCUT2D eigenvalue weighted by atomic mass is 16.6. The van der Waals surface area contributed by atoms with Gasteiger partial charge in [0.1, 0.15) is 11.3 Å². The van der Waals surface area contributed by atoms with Gasteiger partial charge >= 0.3 is 6.09 Å². The van der Waals surface area contributed by atoms with Crippen LogP contribution in [-0.4, -0.2) is 135 Å². The Kier molecular flexibility index (Phi) is 41.2. The zero-order valence-corrected chi connectivity index (χ0v) is 50.4. The molecule has 1 aromatic heterocycles. The molecule has 3 rings (SSSR count). The third-order valence-corrected chi connectivity index (χ3v) is 14.2. The monoisotopic (exact) mass is 1090 g/mol. The van der Waals surface area contributed by atoms with Gasteiger partial charge in [0.25, 0.3) is 0 Å². The van der Waals surface area contributed by atoms with Crippen LogP contribution in [-0.2, 0) is 36.8 Å². The van der Waals surface area contributed by atoms with E-state index in [-0.39, 0.29) is 6.09 Å². The van der Waals surface area contributed by atoms with Crippen molar-refractivity contribution in [1.82, 2.24) is 24.8 Å². The van der Waals surface area contributed by atoms with E-state index in [1.165, 1.54) is 173 Å². The van der Waals surface area contributed by atoms with E-state index in [4.69, 9.17) is 37.9 Å². The highest BCUT2D eigenvalue weighted by Crippen LogP contribution is 2.40. The molecule has 1 fully saturated rings. The van der Waals surface area contributed by atoms with Crippen LogP contribution in [0, 0.1) is 0 Å². The van der Waals surface area contributed by atoms with Gasteiger partial charge in [0.15, 0.2) is 11.5 Å². The molecule has 77 heavy (non-hydrogen) atoms. The molecule has 1 aliphatic rings. The van der Waals surface area contributed by atoms with Gasteiger partial charge in [0.05, 0.1) is 85.4 Å². The SMILES string of the molecule is CCCCCCCCCCCCOc1cc(Cn2cc(COCCOCCOCCOCCN3CCN(C(=O)OC(C)(C)C)CC3)nn2)cc(OCCCCCCCCCCCC)c1OCCCCCCCCCCCC. The Morgan fingerprint density at radius 2 is 0.870 bits per heavy atom. The summed E-state index contributed by atoms with van der Waals surface area (Å²) in [6.07, 6.45) is 40.4. The summed E-state index contributed by atoms with van der Waals surface area (Å²) in [7, 11) is 0. The molecular weight excluding hydrogens is 971 g/mol. The fraction of sp³-hybridized carbons (Fsp3) is 0.857. The van der Waals surface area contributed by atoms with Gasteiger partial charge in [-0.1, -0.05) is 199 Å². The summed E-state index contributed by atoms with van der Waals surface area (Å²) in [6.45, 7) is 22.8. The van der Waals surface area contributed by atoms with Crippen LogP contribution >= 0.6 is 0 Å². The van der Waals surface area contributed by atoms with E-state index in [1.54, 1.807) is 4.90 Å². The topological polar surface area (TPSA) is 128 Å². The number of piperazine rings is 1. The Morgan fingerprint density at radius 3 is 1.30 bits per heavy atom. The van der Waals surface area contributed by atoms with Gasteiger partial charge in [-0.15, -0.1) is 5.10 Å². The van der Waals surface area contributed by atoms with Gasteiger partial charge in [-0.05, 0) is 57.7 Å². The number of carbonyl (C=O) groups is 1. The number of amides is 1. The van der Waals surface area contributed by atoms with Crippen molar-refractivity contribution in [1.29, 1.82) is 0 Å². The Balaban J connectivity index is 1.45. The van der Waals surface area contributed by atoms with Gasteiger partial charge in [-0.25, -0.2) is 9.48 Å². The van der Waals surface area contributed by atoms with Crippen molar-refractivity contribution in [2.45, 2.75) is 253 Å². The van der Waals surface area contributed by atoms with E-state index in [9.17, 15) is 4.79 Å². The number of benzene rings is 1. The van der Waals surface area contributed by atoms with E-state index in [1.807, 2.05) is 31.6 Å². The number of rotatable bonds is 52. The number of aromatic nitrogens is 3. The average molecular weight is 1090 g/mol. The molecule has 14 nitrogen and oxygen atoms in total. The Hall–Kier alpha value is -3.17. The van der Waals surface area contributed by atoms with Crippen molar-refractivity contribution in [2.75, 3.05) is 98.8 Å². The van der Waals surface area contributed by atoms with Crippen LogP contribution in [0.25, 0.3) is 0 Å². The molecule has 0 atom stereocenters. The lowest BCUT2D eigenvalue weighted by Gasteiger charge is -2.35. The first-order chi connectivity index (χ1) is 37.7. The lowest BCUT2D eigenvalue weighted by atomic mass is 10.1. The number of ether oxygens (including phenoxy) is 8. The molecule has 0 aliphatic carbocycles. The molecule has 2 aromatic rings. The quantitative estimate of drug-likeness (QED) is 0.0585. The van der Waals surface area contributed by atoms with E-state index >= 15 is 0 Å². The zero-order valence-electron chi connectivity index (χ0n) is 50.4. The highest BCUT2D eigenvalue weighted by molar-refractivity contribution is 5.68. The van der Waals surface area contributed by atoms with Crippen molar-refractivity contribution in [2.24, 2.45) is 0 Å². The predicted molar refractivity (Wildman–Crippen MR) is 314 cm³/mol. The van der Waals surface area contributed by atoms with Gasteiger partial charge in [0.2, 0.25) is 5.75 Å². The van der Waals surface area contributed by atoms with Crippen LogP contribution in [0.4, 0.5) is 4.79 Å². The largest absolute Gasteiger partial charge is 0.490 e. The first-order valence-corrected chi connectivity index (χ1v) is 31.7. The molecule has 446 valence electrons. The predicted octanol–water partition coefficient (Wildman–Crippen LogP) is 15.3. The van der Waals surface area contributed by atoms with Crippen molar-refractivity contribution >= 4 is 6.09 Å². The molecule has 2 heterocycles. The number of carbonyl (C=O) groups excluding carboxylic acids is 1. The summed E-state index contributed by atoms with van der Waals surface area (Å²) in [4.78, 5) is 16.4. The highest BCUT2D eigenvalue weighted by Gasteiger charge is 2.26.